The first-order chi connectivity index (χ1) is 13.0. The Morgan fingerprint density at radius 1 is 1.19 bits per heavy atom. The van der Waals surface area contributed by atoms with Gasteiger partial charge in [0.1, 0.15) is 5.82 Å². The van der Waals surface area contributed by atoms with E-state index in [1.165, 1.54) is 5.56 Å². The topological polar surface area (TPSA) is 59.0 Å². The third kappa shape index (κ3) is 5.11. The van der Waals surface area contributed by atoms with Gasteiger partial charge in [0, 0.05) is 30.5 Å². The van der Waals surface area contributed by atoms with Crippen LogP contribution in [-0.2, 0) is 13.1 Å². The summed E-state index contributed by atoms with van der Waals surface area (Å²) in [4.78, 5) is 16.5. The van der Waals surface area contributed by atoms with E-state index >= 15 is 0 Å². The van der Waals surface area contributed by atoms with Crippen molar-refractivity contribution < 1.29 is 4.79 Å². The van der Waals surface area contributed by atoms with Crippen LogP contribution in [0.4, 0.5) is 4.79 Å². The maximum atomic E-state index is 12.2. The van der Waals surface area contributed by atoms with Crippen molar-refractivity contribution in [3.63, 3.8) is 0 Å². The highest BCUT2D eigenvalue weighted by molar-refractivity contribution is 6.31. The van der Waals surface area contributed by atoms with Crippen molar-refractivity contribution in [3.05, 3.63) is 88.5 Å². The number of carbonyl (C=O) groups excluding carboxylic acids is 1. The van der Waals surface area contributed by atoms with Crippen LogP contribution >= 0.6 is 11.6 Å². The maximum Gasteiger partial charge on any atom is 0.315 e. The number of urea groups is 1. The number of amides is 2. The molecule has 1 atom stereocenters. The lowest BCUT2D eigenvalue weighted by Gasteiger charge is -2.16. The second kappa shape index (κ2) is 8.73. The van der Waals surface area contributed by atoms with Crippen LogP contribution in [0.2, 0.25) is 5.02 Å². The number of hydrogen-bond donors (Lipinski definition) is 2. The summed E-state index contributed by atoms with van der Waals surface area (Å²) in [6.07, 6.45) is 3.76. The van der Waals surface area contributed by atoms with Crippen molar-refractivity contribution in [2.75, 3.05) is 0 Å². The van der Waals surface area contributed by atoms with Gasteiger partial charge in [0.15, 0.2) is 0 Å². The molecule has 27 heavy (non-hydrogen) atoms. The predicted octanol–water partition coefficient (Wildman–Crippen LogP) is 4.45. The van der Waals surface area contributed by atoms with E-state index in [1.807, 2.05) is 56.4 Å². The van der Waals surface area contributed by atoms with Gasteiger partial charge >= 0.3 is 6.03 Å². The standard InChI is InChI=1S/C21H23ClN4O/c1-15(19-8-3-4-9-20(19)22)25-21(27)24-13-17-6-5-7-18(12-17)14-26-11-10-23-16(26)2/h3-12,15H,13-14H2,1-2H3,(H2,24,25,27). The number of imidazole rings is 1. The molecule has 2 amide bonds. The normalized spacial score (nSPS) is 11.8. The fraction of sp³-hybridized carbons (Fsp3) is 0.238. The smallest absolute Gasteiger partial charge is 0.315 e. The van der Waals surface area contributed by atoms with Gasteiger partial charge in [-0.25, -0.2) is 9.78 Å². The fourth-order valence-corrected chi connectivity index (χ4v) is 3.24. The Kier molecular flexibility index (Phi) is 6.14. The average molecular weight is 383 g/mol. The molecular formula is C21H23ClN4O. The quantitative estimate of drug-likeness (QED) is 0.661. The Balaban J connectivity index is 1.55. The van der Waals surface area contributed by atoms with Crippen LogP contribution in [0.15, 0.2) is 60.9 Å². The summed E-state index contributed by atoms with van der Waals surface area (Å²) in [6, 6.07) is 15.3. The molecule has 6 heteroatoms. The highest BCUT2D eigenvalue weighted by Crippen LogP contribution is 2.21. The lowest BCUT2D eigenvalue weighted by Crippen LogP contribution is -2.36. The van der Waals surface area contributed by atoms with Crippen molar-refractivity contribution in [2.24, 2.45) is 0 Å². The third-order valence-corrected chi connectivity index (χ3v) is 4.78. The Morgan fingerprint density at radius 3 is 2.70 bits per heavy atom. The fourth-order valence-electron chi connectivity index (χ4n) is 2.94. The van der Waals surface area contributed by atoms with Crippen LogP contribution < -0.4 is 10.6 Å². The first-order valence-electron chi connectivity index (χ1n) is 8.87. The number of nitrogens with zero attached hydrogens (tertiary/aromatic N) is 2. The van der Waals surface area contributed by atoms with Gasteiger partial charge in [-0.3, -0.25) is 0 Å². The van der Waals surface area contributed by atoms with Crippen LogP contribution in [0.1, 0.15) is 35.5 Å². The van der Waals surface area contributed by atoms with Crippen LogP contribution in [0, 0.1) is 6.92 Å². The molecule has 3 aromatic rings. The molecule has 0 fully saturated rings. The van der Waals surface area contributed by atoms with Crippen LogP contribution in [-0.4, -0.2) is 15.6 Å². The lowest BCUT2D eigenvalue weighted by atomic mass is 10.1. The molecule has 0 aliphatic rings. The zero-order chi connectivity index (χ0) is 19.2. The van der Waals surface area contributed by atoms with E-state index in [0.29, 0.717) is 11.6 Å². The molecule has 2 N–H and O–H groups in total. The number of aromatic nitrogens is 2. The molecule has 1 aromatic heterocycles. The highest BCUT2D eigenvalue weighted by atomic mass is 35.5. The summed E-state index contributed by atoms with van der Waals surface area (Å²) in [6.45, 7) is 5.11. The second-order valence-corrected chi connectivity index (χ2v) is 6.90. The molecule has 1 heterocycles. The van der Waals surface area contributed by atoms with Gasteiger partial charge in [-0.15, -0.1) is 0 Å². The maximum absolute atomic E-state index is 12.2. The van der Waals surface area contributed by atoms with Gasteiger partial charge in [0.05, 0.1) is 6.04 Å². The summed E-state index contributed by atoms with van der Waals surface area (Å²) in [5.74, 6) is 0.978. The molecule has 0 aliphatic heterocycles. The number of nitrogens with one attached hydrogen (secondary N) is 2. The van der Waals surface area contributed by atoms with Gasteiger partial charge in [-0.05, 0) is 36.6 Å². The first kappa shape index (κ1) is 19.0. The van der Waals surface area contributed by atoms with Crippen LogP contribution in [0.25, 0.3) is 0 Å². The van der Waals surface area contributed by atoms with Gasteiger partial charge in [-0.2, -0.15) is 0 Å². The van der Waals surface area contributed by atoms with Crippen molar-refractivity contribution in [1.29, 1.82) is 0 Å². The Morgan fingerprint density at radius 2 is 1.96 bits per heavy atom. The predicted molar refractivity (Wildman–Crippen MR) is 108 cm³/mol. The van der Waals surface area contributed by atoms with E-state index in [1.54, 1.807) is 6.20 Å². The molecule has 0 bridgehead atoms. The van der Waals surface area contributed by atoms with E-state index in [0.717, 1.165) is 23.5 Å². The molecule has 0 spiro atoms. The highest BCUT2D eigenvalue weighted by Gasteiger charge is 2.12. The van der Waals surface area contributed by atoms with Crippen molar-refractivity contribution in [1.82, 2.24) is 20.2 Å². The second-order valence-electron chi connectivity index (χ2n) is 6.49. The number of aryl methyl sites for hydroxylation is 1. The zero-order valence-electron chi connectivity index (χ0n) is 15.4. The van der Waals surface area contributed by atoms with Gasteiger partial charge in [-0.1, -0.05) is 54.1 Å². The summed E-state index contributed by atoms with van der Waals surface area (Å²) < 4.78 is 2.09. The number of carbonyl (C=O) groups is 1. The molecule has 0 saturated heterocycles. The van der Waals surface area contributed by atoms with E-state index in [2.05, 4.69) is 32.3 Å². The number of rotatable bonds is 6. The molecule has 3 rings (SSSR count). The van der Waals surface area contributed by atoms with E-state index in [-0.39, 0.29) is 12.1 Å². The minimum absolute atomic E-state index is 0.172. The monoisotopic (exact) mass is 382 g/mol. The van der Waals surface area contributed by atoms with Gasteiger partial charge < -0.3 is 15.2 Å². The van der Waals surface area contributed by atoms with Crippen molar-refractivity contribution >= 4 is 17.6 Å². The number of benzene rings is 2. The van der Waals surface area contributed by atoms with E-state index in [9.17, 15) is 4.79 Å². The molecule has 0 radical (unpaired) electrons. The third-order valence-electron chi connectivity index (χ3n) is 4.44. The molecule has 1 unspecified atom stereocenters. The molecule has 2 aromatic carbocycles. The number of halogens is 1. The van der Waals surface area contributed by atoms with Gasteiger partial charge in [0.2, 0.25) is 0 Å². The minimum atomic E-state index is -0.224. The largest absolute Gasteiger partial charge is 0.334 e. The summed E-state index contributed by atoms with van der Waals surface area (Å²) in [5, 5.41) is 6.47. The summed E-state index contributed by atoms with van der Waals surface area (Å²) in [7, 11) is 0. The summed E-state index contributed by atoms with van der Waals surface area (Å²) >= 11 is 6.18. The number of hydrogen-bond acceptors (Lipinski definition) is 2. The Labute approximate surface area is 164 Å². The molecule has 5 nitrogen and oxygen atoms in total. The van der Waals surface area contributed by atoms with Crippen molar-refractivity contribution in [3.8, 4) is 0 Å². The molecule has 0 aliphatic carbocycles. The molecule has 0 saturated carbocycles. The van der Waals surface area contributed by atoms with Crippen LogP contribution in [0.5, 0.6) is 0 Å². The average Bonchev–Trinajstić information content (AvgIpc) is 3.05. The molecular weight excluding hydrogens is 360 g/mol. The Bertz CT molecular complexity index is 922. The van der Waals surface area contributed by atoms with E-state index in [4.69, 9.17) is 11.6 Å². The first-order valence-corrected chi connectivity index (χ1v) is 9.25. The van der Waals surface area contributed by atoms with Crippen LogP contribution in [0.3, 0.4) is 0 Å². The minimum Gasteiger partial charge on any atom is -0.334 e. The van der Waals surface area contributed by atoms with Gasteiger partial charge in [0.25, 0.3) is 0 Å². The van der Waals surface area contributed by atoms with Crippen molar-refractivity contribution in [2.45, 2.75) is 33.0 Å². The zero-order valence-corrected chi connectivity index (χ0v) is 16.2. The lowest BCUT2D eigenvalue weighted by molar-refractivity contribution is 0.237. The SMILES string of the molecule is Cc1nccn1Cc1cccc(CNC(=O)NC(C)c2ccccc2Cl)c1. The Hall–Kier alpha value is -2.79. The summed E-state index contributed by atoms with van der Waals surface area (Å²) in [5.41, 5.74) is 3.11. The molecule has 140 valence electrons. The van der Waals surface area contributed by atoms with E-state index < -0.39 is 0 Å².